The SMILES string of the molecule is C=CCCOC(=O)N(CCOCCO)C1CC(=NOC2CCCCO2)C2=CC(CCCCO)C(CCCCO)C3c4cc(OCc5cccc(C)n5)ccc4OC1(OCC=C)C23. The van der Waals surface area contributed by atoms with Gasteiger partial charge in [0.2, 0.25) is 12.1 Å². The van der Waals surface area contributed by atoms with Crippen LogP contribution >= 0.6 is 0 Å². The van der Waals surface area contributed by atoms with Crippen LogP contribution in [0, 0.1) is 24.7 Å². The predicted octanol–water partition coefficient (Wildman–Crippen LogP) is 7.15. The number of fused-ring (bicyclic) bond motifs is 2. The fourth-order valence-corrected chi connectivity index (χ4v) is 9.51. The lowest BCUT2D eigenvalue weighted by Crippen LogP contribution is -2.70. The van der Waals surface area contributed by atoms with Gasteiger partial charge in [-0.1, -0.05) is 42.3 Å². The Morgan fingerprint density at radius 1 is 1.02 bits per heavy atom. The maximum Gasteiger partial charge on any atom is 0.410 e. The molecule has 2 fully saturated rings. The van der Waals surface area contributed by atoms with E-state index in [0.29, 0.717) is 49.5 Å². The van der Waals surface area contributed by atoms with Gasteiger partial charge in [0.05, 0.1) is 57.0 Å². The van der Waals surface area contributed by atoms with Crippen LogP contribution in [0.1, 0.15) is 93.5 Å². The highest BCUT2D eigenvalue weighted by atomic mass is 16.8. The number of amides is 1. The Morgan fingerprint density at radius 3 is 2.60 bits per heavy atom. The number of allylic oxidation sites excluding steroid dienone is 1. The molecule has 1 amide bonds. The van der Waals surface area contributed by atoms with Crippen LogP contribution in [-0.2, 0) is 30.4 Å². The average molecular weight is 862 g/mol. The van der Waals surface area contributed by atoms with Crippen LogP contribution in [0.4, 0.5) is 4.79 Å². The molecule has 3 heterocycles. The zero-order valence-electron chi connectivity index (χ0n) is 36.4. The Bertz CT molecular complexity index is 1820. The molecule has 2 aliphatic carbocycles. The molecule has 1 saturated carbocycles. The molecule has 14 heteroatoms. The minimum atomic E-state index is -1.48. The van der Waals surface area contributed by atoms with Gasteiger partial charge in [0.15, 0.2) is 0 Å². The topological polar surface area (TPSA) is 171 Å². The summed E-state index contributed by atoms with van der Waals surface area (Å²) in [7, 11) is 0. The number of aliphatic hydroxyl groups is 3. The van der Waals surface area contributed by atoms with Crippen molar-refractivity contribution in [3.63, 3.8) is 0 Å². The summed E-state index contributed by atoms with van der Waals surface area (Å²) in [5.74, 6) is -0.902. The van der Waals surface area contributed by atoms with Crippen molar-refractivity contribution in [2.24, 2.45) is 22.9 Å². The van der Waals surface area contributed by atoms with E-state index in [1.165, 1.54) is 0 Å². The molecule has 14 nitrogen and oxygen atoms in total. The van der Waals surface area contributed by atoms with Crippen LogP contribution in [0.5, 0.6) is 11.5 Å². The maximum atomic E-state index is 14.4. The molecule has 6 rings (SSSR count). The number of carbonyl (C=O) groups excluding carboxylic acids is 1. The molecule has 340 valence electrons. The van der Waals surface area contributed by atoms with E-state index in [4.69, 9.17) is 38.4 Å². The molecule has 1 saturated heterocycles. The first-order valence-electron chi connectivity index (χ1n) is 22.5. The predicted molar refractivity (Wildman–Crippen MR) is 234 cm³/mol. The number of benzene rings is 1. The van der Waals surface area contributed by atoms with Crippen LogP contribution in [-0.4, -0.2) is 115 Å². The molecule has 1 aromatic heterocycles. The second-order valence-electron chi connectivity index (χ2n) is 16.5. The van der Waals surface area contributed by atoms with Crippen molar-refractivity contribution in [1.82, 2.24) is 9.88 Å². The number of carbonyl (C=O) groups is 1. The van der Waals surface area contributed by atoms with Crippen LogP contribution in [0.15, 0.2) is 78.5 Å². The highest BCUT2D eigenvalue weighted by molar-refractivity contribution is 6.03. The van der Waals surface area contributed by atoms with Gasteiger partial charge < -0.3 is 48.6 Å². The van der Waals surface area contributed by atoms with E-state index in [2.05, 4.69) is 30.3 Å². The number of hydrogen-bond acceptors (Lipinski definition) is 13. The second kappa shape index (κ2) is 23.9. The van der Waals surface area contributed by atoms with Crippen molar-refractivity contribution < 1.29 is 53.4 Å². The summed E-state index contributed by atoms with van der Waals surface area (Å²) in [5.41, 5.74) is 4.23. The van der Waals surface area contributed by atoms with Crippen molar-refractivity contribution in [2.45, 2.75) is 108 Å². The molecule has 1 aromatic carbocycles. The summed E-state index contributed by atoms with van der Waals surface area (Å²) in [6.07, 6.45) is 12.4. The summed E-state index contributed by atoms with van der Waals surface area (Å²) in [4.78, 5) is 26.9. The van der Waals surface area contributed by atoms with E-state index in [9.17, 15) is 20.1 Å². The molecule has 3 N–H and O–H groups in total. The minimum Gasteiger partial charge on any atom is -0.487 e. The van der Waals surface area contributed by atoms with E-state index in [-0.39, 0.29) is 83.6 Å². The molecule has 0 bridgehead atoms. The number of oxime groups is 1. The van der Waals surface area contributed by atoms with Gasteiger partial charge in [0.25, 0.3) is 0 Å². The molecule has 62 heavy (non-hydrogen) atoms. The molecule has 7 unspecified atom stereocenters. The third-order valence-corrected chi connectivity index (χ3v) is 12.3. The van der Waals surface area contributed by atoms with Crippen molar-refractivity contribution >= 4 is 11.8 Å². The first kappa shape index (κ1) is 47.2. The number of unbranched alkanes of at least 4 members (excludes halogenated alkanes) is 2. The highest BCUT2D eigenvalue weighted by Crippen LogP contribution is 2.62. The van der Waals surface area contributed by atoms with Gasteiger partial charge in [-0.3, -0.25) is 9.88 Å². The zero-order chi connectivity index (χ0) is 43.7. The first-order chi connectivity index (χ1) is 30.4. The van der Waals surface area contributed by atoms with Gasteiger partial charge in [0.1, 0.15) is 24.1 Å². The van der Waals surface area contributed by atoms with Crippen LogP contribution in [0.2, 0.25) is 0 Å². The number of aliphatic hydroxyl groups excluding tert-OH is 3. The standard InChI is InChI=1S/C48H67N3O11/c1-4-6-26-58-47(55)51(21-28-56-29-24-54)43-32-41(50-62-44-18-9-12-27-57-44)39-30-35(15-7-10-22-52)38(17-8-11-23-53)45-40-31-37(59-33-36-16-13-14-34(3)49-36)19-20-42(40)61-48(43,46(39)45)60-25-5-2/h4-5,13-14,16,19-20,30-31,35,38,43-46,52-54H,1-2,6-12,15,17-18,21-29,32-33H2,3H3. The van der Waals surface area contributed by atoms with Gasteiger partial charge in [-0.25, -0.2) is 4.79 Å². The normalized spacial score (nSPS) is 25.7. The van der Waals surface area contributed by atoms with Crippen molar-refractivity contribution in [1.29, 1.82) is 0 Å². The van der Waals surface area contributed by atoms with E-state index in [1.54, 1.807) is 17.1 Å². The molecule has 2 aliphatic heterocycles. The monoisotopic (exact) mass is 861 g/mol. The number of ether oxygens (including phenoxy) is 6. The Labute approximate surface area is 366 Å². The zero-order valence-corrected chi connectivity index (χ0v) is 36.4. The smallest absolute Gasteiger partial charge is 0.410 e. The largest absolute Gasteiger partial charge is 0.487 e. The minimum absolute atomic E-state index is 0.0283. The first-order valence-corrected chi connectivity index (χ1v) is 22.5. The Hall–Kier alpha value is -4.31. The lowest BCUT2D eigenvalue weighted by atomic mass is 9.55. The Morgan fingerprint density at radius 2 is 1.85 bits per heavy atom. The van der Waals surface area contributed by atoms with E-state index in [1.807, 2.05) is 37.3 Å². The van der Waals surface area contributed by atoms with Crippen LogP contribution in [0.25, 0.3) is 0 Å². The third kappa shape index (κ3) is 11.6. The molecule has 0 spiro atoms. The highest BCUT2D eigenvalue weighted by Gasteiger charge is 2.65. The van der Waals surface area contributed by atoms with Crippen LogP contribution in [0.3, 0.4) is 0 Å². The quantitative estimate of drug-likeness (QED) is 0.0524. The summed E-state index contributed by atoms with van der Waals surface area (Å²) in [6, 6.07) is 10.9. The van der Waals surface area contributed by atoms with Gasteiger partial charge in [0, 0.05) is 49.8 Å². The summed E-state index contributed by atoms with van der Waals surface area (Å²) in [5, 5.41) is 34.4. The molecular weight excluding hydrogens is 795 g/mol. The van der Waals surface area contributed by atoms with Crippen molar-refractivity contribution in [2.75, 3.05) is 59.4 Å². The lowest BCUT2D eigenvalue weighted by Gasteiger charge is -2.59. The number of rotatable bonds is 25. The number of nitrogens with zero attached hydrogens (tertiary/aromatic N) is 3. The average Bonchev–Trinajstić information content (AvgIpc) is 3.28. The number of hydrogen-bond donors (Lipinski definition) is 3. The number of pyridine rings is 1. The maximum absolute atomic E-state index is 14.4. The van der Waals surface area contributed by atoms with Gasteiger partial charge >= 0.3 is 6.09 Å². The van der Waals surface area contributed by atoms with E-state index < -0.39 is 30.1 Å². The van der Waals surface area contributed by atoms with E-state index in [0.717, 1.165) is 61.0 Å². The van der Waals surface area contributed by atoms with Crippen LogP contribution < -0.4 is 9.47 Å². The summed E-state index contributed by atoms with van der Waals surface area (Å²) in [6.45, 7) is 11.2. The van der Waals surface area contributed by atoms with Gasteiger partial charge in [-0.15, -0.1) is 13.2 Å². The molecule has 4 aliphatic rings. The molecule has 0 radical (unpaired) electrons. The molecule has 7 atom stereocenters. The van der Waals surface area contributed by atoms with Gasteiger partial charge in [-0.2, -0.15) is 0 Å². The molecular formula is C48H67N3O11. The lowest BCUT2D eigenvalue weighted by molar-refractivity contribution is -0.256. The number of aryl methyl sites for hydroxylation is 1. The third-order valence-electron chi connectivity index (χ3n) is 12.3. The summed E-state index contributed by atoms with van der Waals surface area (Å²) < 4.78 is 38.5. The van der Waals surface area contributed by atoms with Crippen molar-refractivity contribution in [3.8, 4) is 11.5 Å². The van der Waals surface area contributed by atoms with E-state index >= 15 is 0 Å². The Kier molecular flexibility index (Phi) is 18.2. The van der Waals surface area contributed by atoms with Crippen molar-refractivity contribution in [3.05, 3.63) is 90.3 Å². The fraction of sp³-hybridized carbons (Fsp3) is 0.604. The van der Waals surface area contributed by atoms with Gasteiger partial charge in [-0.05, 0) is 99.6 Å². The second-order valence-corrected chi connectivity index (χ2v) is 16.5. The summed E-state index contributed by atoms with van der Waals surface area (Å²) >= 11 is 0. The fourth-order valence-electron chi connectivity index (χ4n) is 9.51. The molecule has 2 aromatic rings. The number of aromatic nitrogens is 1. The Balaban J connectivity index is 1.55.